The summed E-state index contributed by atoms with van der Waals surface area (Å²) in [5.74, 6) is -0.385. The molecule has 0 atom stereocenters. The number of allylic oxidation sites excluding steroid dienone is 4. The van der Waals surface area contributed by atoms with Gasteiger partial charge in [0, 0.05) is 5.56 Å². The van der Waals surface area contributed by atoms with E-state index in [0.717, 1.165) is 5.56 Å². The lowest BCUT2D eigenvalue weighted by Crippen LogP contribution is -2.21. The number of rotatable bonds is 2. The normalized spacial score (nSPS) is 15.6. The van der Waals surface area contributed by atoms with Crippen molar-refractivity contribution in [3.63, 3.8) is 0 Å². The highest BCUT2D eigenvalue weighted by molar-refractivity contribution is 6.60. The van der Waals surface area contributed by atoms with Crippen molar-refractivity contribution in [2.75, 3.05) is 0 Å². The van der Waals surface area contributed by atoms with Gasteiger partial charge in [-0.3, -0.25) is 15.6 Å². The molecule has 5 heteroatoms. The Morgan fingerprint density at radius 2 is 1.79 bits per heavy atom. The first-order chi connectivity index (χ1) is 8.93. The summed E-state index contributed by atoms with van der Waals surface area (Å²) in [5, 5.41) is 15.5. The molecule has 96 valence electrons. The molecule has 1 aromatic rings. The van der Waals surface area contributed by atoms with Gasteiger partial charge in [0.2, 0.25) is 0 Å². The van der Waals surface area contributed by atoms with E-state index >= 15 is 0 Å². The molecule has 0 bridgehead atoms. The van der Waals surface area contributed by atoms with Crippen LogP contribution in [0.4, 0.5) is 0 Å². The first-order valence-electron chi connectivity index (χ1n) is 5.49. The number of nitrogens with one attached hydrogen (secondary N) is 2. The van der Waals surface area contributed by atoms with E-state index in [1.165, 1.54) is 6.08 Å². The molecule has 0 spiro atoms. The number of benzene rings is 1. The van der Waals surface area contributed by atoms with Crippen molar-refractivity contribution in [2.45, 2.75) is 6.92 Å². The SMILES string of the molecule is Cc1ccccc1C(=O)C1=C(Cl)C(=N)C=C(Cl)C1=N. The molecular weight excluding hydrogens is 283 g/mol. The lowest BCUT2D eigenvalue weighted by molar-refractivity contribution is 0.103. The van der Waals surface area contributed by atoms with Gasteiger partial charge in [-0.15, -0.1) is 0 Å². The molecule has 0 saturated carbocycles. The number of ketones is 1. The summed E-state index contributed by atoms with van der Waals surface area (Å²) in [7, 11) is 0. The minimum Gasteiger partial charge on any atom is -0.299 e. The van der Waals surface area contributed by atoms with Gasteiger partial charge < -0.3 is 0 Å². The summed E-state index contributed by atoms with van der Waals surface area (Å²) in [4.78, 5) is 12.5. The van der Waals surface area contributed by atoms with Crippen LogP contribution < -0.4 is 0 Å². The summed E-state index contributed by atoms with van der Waals surface area (Å²) in [6.45, 7) is 1.80. The third-order valence-electron chi connectivity index (χ3n) is 2.83. The van der Waals surface area contributed by atoms with Gasteiger partial charge in [-0.2, -0.15) is 0 Å². The van der Waals surface area contributed by atoms with Gasteiger partial charge in [-0.05, 0) is 18.6 Å². The van der Waals surface area contributed by atoms with Crippen LogP contribution in [0, 0.1) is 17.7 Å². The molecule has 1 aromatic carbocycles. The van der Waals surface area contributed by atoms with Crippen LogP contribution >= 0.6 is 23.2 Å². The van der Waals surface area contributed by atoms with Crippen LogP contribution in [-0.4, -0.2) is 17.2 Å². The molecule has 19 heavy (non-hydrogen) atoms. The minimum atomic E-state index is -0.385. The topological polar surface area (TPSA) is 64.8 Å². The van der Waals surface area contributed by atoms with Crippen LogP contribution in [-0.2, 0) is 0 Å². The molecule has 1 aliphatic carbocycles. The van der Waals surface area contributed by atoms with Crippen molar-refractivity contribution in [1.82, 2.24) is 0 Å². The second kappa shape index (κ2) is 5.11. The van der Waals surface area contributed by atoms with Crippen LogP contribution in [0.25, 0.3) is 0 Å². The lowest BCUT2D eigenvalue weighted by atomic mass is 9.92. The first-order valence-corrected chi connectivity index (χ1v) is 6.24. The molecule has 0 amide bonds. The molecule has 0 saturated heterocycles. The van der Waals surface area contributed by atoms with E-state index in [0.29, 0.717) is 5.56 Å². The van der Waals surface area contributed by atoms with Crippen LogP contribution in [0.15, 0.2) is 46.0 Å². The van der Waals surface area contributed by atoms with Crippen LogP contribution in [0.5, 0.6) is 0 Å². The molecule has 2 N–H and O–H groups in total. The zero-order valence-electron chi connectivity index (χ0n) is 10.1. The van der Waals surface area contributed by atoms with Crippen molar-refractivity contribution in [2.24, 2.45) is 0 Å². The molecule has 0 aliphatic heterocycles. The number of carbonyl (C=O) groups is 1. The quantitative estimate of drug-likeness (QED) is 0.631. The summed E-state index contributed by atoms with van der Waals surface area (Å²) in [6, 6.07) is 7.03. The van der Waals surface area contributed by atoms with Gasteiger partial charge in [-0.25, -0.2) is 0 Å². The van der Waals surface area contributed by atoms with Gasteiger partial charge in [0.25, 0.3) is 0 Å². The third-order valence-corrected chi connectivity index (χ3v) is 3.52. The van der Waals surface area contributed by atoms with Crippen molar-refractivity contribution >= 4 is 40.4 Å². The van der Waals surface area contributed by atoms with Crippen LogP contribution in [0.3, 0.4) is 0 Å². The van der Waals surface area contributed by atoms with E-state index in [-0.39, 0.29) is 32.8 Å². The van der Waals surface area contributed by atoms with E-state index in [2.05, 4.69) is 0 Å². The maximum absolute atomic E-state index is 12.5. The van der Waals surface area contributed by atoms with Crippen molar-refractivity contribution in [3.8, 4) is 0 Å². The highest BCUT2D eigenvalue weighted by Gasteiger charge is 2.28. The zero-order chi connectivity index (χ0) is 14.2. The Hall–Kier alpha value is -1.71. The molecular formula is C14H10Cl2N2O. The standard InChI is InChI=1S/C14H10Cl2N2O/c1-7-4-2-3-5-8(7)14(19)11-12(16)10(17)6-9(15)13(11)18/h2-6,17-18H,1H3. The summed E-state index contributed by atoms with van der Waals surface area (Å²) >= 11 is 11.8. The first kappa shape index (κ1) is 13.7. The lowest BCUT2D eigenvalue weighted by Gasteiger charge is -2.16. The van der Waals surface area contributed by atoms with Crippen molar-refractivity contribution < 1.29 is 4.79 Å². The molecule has 0 heterocycles. The molecule has 0 aromatic heterocycles. The number of carbonyl (C=O) groups excluding carboxylic acids is 1. The molecule has 3 nitrogen and oxygen atoms in total. The van der Waals surface area contributed by atoms with Gasteiger partial charge >= 0.3 is 0 Å². The number of halogens is 2. The Balaban J connectivity index is 2.55. The summed E-state index contributed by atoms with van der Waals surface area (Å²) in [6.07, 6.45) is 1.26. The Labute approximate surface area is 120 Å². The Kier molecular flexibility index (Phi) is 3.69. The van der Waals surface area contributed by atoms with Gasteiger partial charge in [0.15, 0.2) is 5.78 Å². The maximum Gasteiger partial charge on any atom is 0.197 e. The van der Waals surface area contributed by atoms with E-state index in [1.54, 1.807) is 25.1 Å². The molecule has 0 unspecified atom stereocenters. The predicted molar refractivity (Wildman–Crippen MR) is 77.8 cm³/mol. The molecule has 1 aliphatic rings. The fourth-order valence-corrected chi connectivity index (χ4v) is 2.24. The minimum absolute atomic E-state index is 0.0199. The van der Waals surface area contributed by atoms with Crippen LogP contribution in [0.2, 0.25) is 0 Å². The van der Waals surface area contributed by atoms with E-state index < -0.39 is 0 Å². The Morgan fingerprint density at radius 1 is 1.16 bits per heavy atom. The van der Waals surface area contributed by atoms with E-state index in [9.17, 15) is 4.79 Å². The highest BCUT2D eigenvalue weighted by atomic mass is 35.5. The smallest absolute Gasteiger partial charge is 0.197 e. The second-order valence-corrected chi connectivity index (χ2v) is 4.90. The maximum atomic E-state index is 12.5. The summed E-state index contributed by atoms with van der Waals surface area (Å²) < 4.78 is 0. The molecule has 2 rings (SSSR count). The third kappa shape index (κ3) is 2.39. The second-order valence-electron chi connectivity index (χ2n) is 4.11. The number of hydrogen-bond acceptors (Lipinski definition) is 3. The predicted octanol–water partition coefficient (Wildman–Crippen LogP) is 3.85. The summed E-state index contributed by atoms with van der Waals surface area (Å²) in [5.41, 5.74) is 1.03. The average molecular weight is 293 g/mol. The Morgan fingerprint density at radius 3 is 2.42 bits per heavy atom. The largest absolute Gasteiger partial charge is 0.299 e. The number of aryl methyl sites for hydroxylation is 1. The van der Waals surface area contributed by atoms with Gasteiger partial charge in [-0.1, -0.05) is 47.5 Å². The van der Waals surface area contributed by atoms with E-state index in [1.807, 2.05) is 6.07 Å². The fourth-order valence-electron chi connectivity index (χ4n) is 1.80. The zero-order valence-corrected chi connectivity index (χ0v) is 11.6. The fraction of sp³-hybridized carbons (Fsp3) is 0.0714. The van der Waals surface area contributed by atoms with Crippen LogP contribution in [0.1, 0.15) is 15.9 Å². The van der Waals surface area contributed by atoms with Gasteiger partial charge in [0.1, 0.15) is 0 Å². The highest BCUT2D eigenvalue weighted by Crippen LogP contribution is 2.28. The van der Waals surface area contributed by atoms with Gasteiger partial charge in [0.05, 0.1) is 27.1 Å². The number of hydrogen-bond donors (Lipinski definition) is 2. The Bertz CT molecular complexity index is 672. The molecule has 0 fully saturated rings. The molecule has 0 radical (unpaired) electrons. The van der Waals surface area contributed by atoms with Crippen molar-refractivity contribution in [3.05, 3.63) is 57.1 Å². The number of Topliss-reactive ketones (excluding diaryl/α,β-unsaturated/α-hetero) is 1. The average Bonchev–Trinajstić information content (AvgIpc) is 2.37. The van der Waals surface area contributed by atoms with E-state index in [4.69, 9.17) is 34.0 Å². The monoisotopic (exact) mass is 292 g/mol. The van der Waals surface area contributed by atoms with Crippen molar-refractivity contribution in [1.29, 1.82) is 10.8 Å².